The van der Waals surface area contributed by atoms with Gasteiger partial charge in [-0.15, -0.1) is 0 Å². The average molecular weight is 224 g/mol. The van der Waals surface area contributed by atoms with Crippen molar-refractivity contribution < 1.29 is 8.78 Å². The maximum Gasteiger partial charge on any atom is 0.248 e. The minimum Gasteiger partial charge on any atom is -0.333 e. The molecule has 0 radical (unpaired) electrons. The largest absolute Gasteiger partial charge is 0.333 e. The Labute approximate surface area is 85.9 Å². The molecule has 1 atom stereocenters. The van der Waals surface area contributed by atoms with Crippen LogP contribution in [0.4, 0.5) is 8.78 Å². The molecule has 1 heterocycles. The van der Waals surface area contributed by atoms with Gasteiger partial charge in [0, 0.05) is 13.1 Å². The fourth-order valence-electron chi connectivity index (χ4n) is 1.32. The number of hydrogen-bond donors (Lipinski definition) is 1. The summed E-state index contributed by atoms with van der Waals surface area (Å²) in [6.07, 6.45) is -1.07. The van der Waals surface area contributed by atoms with Crippen molar-refractivity contribution in [2.75, 3.05) is 6.54 Å². The highest BCUT2D eigenvalue weighted by molar-refractivity contribution is 6.30. The van der Waals surface area contributed by atoms with E-state index in [1.165, 1.54) is 6.33 Å². The topological polar surface area (TPSA) is 43.8 Å². The van der Waals surface area contributed by atoms with E-state index in [0.29, 0.717) is 12.2 Å². The van der Waals surface area contributed by atoms with E-state index in [2.05, 4.69) is 4.98 Å². The lowest BCUT2D eigenvalue weighted by molar-refractivity contribution is 0.114. The second kappa shape index (κ2) is 4.70. The third kappa shape index (κ3) is 2.04. The number of imidazole rings is 1. The lowest BCUT2D eigenvalue weighted by atomic mass is 10.1. The van der Waals surface area contributed by atoms with Gasteiger partial charge in [0.25, 0.3) is 0 Å². The molecule has 0 aromatic carbocycles. The molecular formula is C8H12ClF2N3. The number of halogens is 3. The smallest absolute Gasteiger partial charge is 0.248 e. The third-order valence-corrected chi connectivity index (χ3v) is 2.37. The molecule has 2 N–H and O–H groups in total. The Morgan fingerprint density at radius 1 is 1.64 bits per heavy atom. The minimum absolute atomic E-state index is 0.114. The second-order valence-corrected chi connectivity index (χ2v) is 3.24. The van der Waals surface area contributed by atoms with E-state index in [-0.39, 0.29) is 11.7 Å². The molecule has 0 bridgehead atoms. The number of aryl methyl sites for hydroxylation is 1. The normalized spacial score (nSPS) is 13.6. The van der Waals surface area contributed by atoms with Crippen molar-refractivity contribution in [1.82, 2.24) is 9.55 Å². The van der Waals surface area contributed by atoms with Crippen molar-refractivity contribution in [3.8, 4) is 0 Å². The van der Waals surface area contributed by atoms with Crippen molar-refractivity contribution >= 4 is 11.6 Å². The highest BCUT2D eigenvalue weighted by Gasteiger charge is 2.26. The zero-order valence-electron chi connectivity index (χ0n) is 7.75. The van der Waals surface area contributed by atoms with Crippen LogP contribution >= 0.6 is 11.6 Å². The first kappa shape index (κ1) is 11.4. The Bertz CT molecular complexity index is 301. The number of nitrogens with zero attached hydrogens (tertiary/aromatic N) is 2. The molecule has 0 saturated carbocycles. The number of alkyl halides is 2. The van der Waals surface area contributed by atoms with Gasteiger partial charge in [0.15, 0.2) is 5.15 Å². The van der Waals surface area contributed by atoms with E-state index in [4.69, 9.17) is 17.3 Å². The van der Waals surface area contributed by atoms with Gasteiger partial charge in [0.1, 0.15) is 0 Å². The molecule has 0 amide bonds. The van der Waals surface area contributed by atoms with Crippen LogP contribution in [0.15, 0.2) is 6.33 Å². The molecule has 1 aromatic heterocycles. The first-order valence-electron chi connectivity index (χ1n) is 4.30. The lowest BCUT2D eigenvalue weighted by Crippen LogP contribution is -2.22. The molecule has 1 unspecified atom stereocenters. The van der Waals surface area contributed by atoms with Gasteiger partial charge in [0.2, 0.25) is 6.43 Å². The Morgan fingerprint density at radius 2 is 2.29 bits per heavy atom. The van der Waals surface area contributed by atoms with Crippen LogP contribution in [0, 0.1) is 0 Å². The van der Waals surface area contributed by atoms with Gasteiger partial charge in [-0.3, -0.25) is 0 Å². The summed E-state index contributed by atoms with van der Waals surface area (Å²) in [5, 5.41) is 0.114. The summed E-state index contributed by atoms with van der Waals surface area (Å²) in [5.74, 6) is -1.04. The van der Waals surface area contributed by atoms with Crippen molar-refractivity contribution in [3.63, 3.8) is 0 Å². The molecule has 0 saturated heterocycles. The van der Waals surface area contributed by atoms with Crippen LogP contribution in [0.3, 0.4) is 0 Å². The number of aromatic nitrogens is 2. The SMILES string of the molecule is CCn1cnc(Cl)c1C(CN)C(F)F. The molecule has 0 aliphatic carbocycles. The van der Waals surface area contributed by atoms with Gasteiger partial charge in [0.05, 0.1) is 17.9 Å². The van der Waals surface area contributed by atoms with Crippen molar-refractivity contribution in [1.29, 1.82) is 0 Å². The van der Waals surface area contributed by atoms with Gasteiger partial charge in [-0.25, -0.2) is 13.8 Å². The van der Waals surface area contributed by atoms with Crippen LogP contribution < -0.4 is 5.73 Å². The van der Waals surface area contributed by atoms with Crippen LogP contribution in [-0.4, -0.2) is 22.5 Å². The van der Waals surface area contributed by atoms with E-state index < -0.39 is 12.3 Å². The molecule has 80 valence electrons. The number of hydrogen-bond acceptors (Lipinski definition) is 2. The lowest BCUT2D eigenvalue weighted by Gasteiger charge is -2.15. The summed E-state index contributed by atoms with van der Waals surface area (Å²) in [7, 11) is 0. The highest BCUT2D eigenvalue weighted by Crippen LogP contribution is 2.27. The second-order valence-electron chi connectivity index (χ2n) is 2.88. The Balaban J connectivity index is 3.07. The fraction of sp³-hybridized carbons (Fsp3) is 0.625. The maximum atomic E-state index is 12.6. The quantitative estimate of drug-likeness (QED) is 0.847. The predicted octanol–water partition coefficient (Wildman–Crippen LogP) is 1.86. The molecule has 0 spiro atoms. The molecule has 0 aliphatic rings. The summed E-state index contributed by atoms with van der Waals surface area (Å²) in [6, 6.07) is 0. The molecular weight excluding hydrogens is 212 g/mol. The predicted molar refractivity (Wildman–Crippen MR) is 50.7 cm³/mol. The van der Waals surface area contributed by atoms with E-state index in [0.717, 1.165) is 0 Å². The third-order valence-electron chi connectivity index (χ3n) is 2.08. The van der Waals surface area contributed by atoms with Crippen LogP contribution in [0.25, 0.3) is 0 Å². The molecule has 0 fully saturated rings. The van der Waals surface area contributed by atoms with E-state index >= 15 is 0 Å². The van der Waals surface area contributed by atoms with Crippen LogP contribution in [0.5, 0.6) is 0 Å². The Kier molecular flexibility index (Phi) is 3.83. The zero-order valence-corrected chi connectivity index (χ0v) is 8.51. The standard InChI is InChI=1S/C8H12ClF2N3/c1-2-14-4-13-7(9)6(14)5(3-12)8(10)11/h4-5,8H,2-3,12H2,1H3. The molecule has 14 heavy (non-hydrogen) atoms. The summed E-state index contributed by atoms with van der Waals surface area (Å²) in [6.45, 7) is 2.25. The Morgan fingerprint density at radius 3 is 2.71 bits per heavy atom. The average Bonchev–Trinajstić information content (AvgIpc) is 2.49. The molecule has 1 rings (SSSR count). The van der Waals surface area contributed by atoms with Crippen LogP contribution in [0.1, 0.15) is 18.5 Å². The number of nitrogens with two attached hydrogens (primary N) is 1. The maximum absolute atomic E-state index is 12.6. The van der Waals surface area contributed by atoms with Crippen molar-refractivity contribution in [3.05, 3.63) is 17.2 Å². The molecule has 6 heteroatoms. The van der Waals surface area contributed by atoms with Gasteiger partial charge in [-0.2, -0.15) is 0 Å². The number of rotatable bonds is 4. The van der Waals surface area contributed by atoms with Crippen molar-refractivity contribution in [2.45, 2.75) is 25.8 Å². The van der Waals surface area contributed by atoms with Gasteiger partial charge in [-0.1, -0.05) is 11.6 Å². The van der Waals surface area contributed by atoms with E-state index in [1.54, 1.807) is 4.57 Å². The zero-order chi connectivity index (χ0) is 10.7. The monoisotopic (exact) mass is 223 g/mol. The van der Waals surface area contributed by atoms with Gasteiger partial charge >= 0.3 is 0 Å². The molecule has 3 nitrogen and oxygen atoms in total. The summed E-state index contributed by atoms with van der Waals surface area (Å²) in [5.41, 5.74) is 5.60. The summed E-state index contributed by atoms with van der Waals surface area (Å²) in [4.78, 5) is 3.78. The summed E-state index contributed by atoms with van der Waals surface area (Å²) >= 11 is 5.72. The fourth-order valence-corrected chi connectivity index (χ4v) is 1.61. The van der Waals surface area contributed by atoms with E-state index in [9.17, 15) is 8.78 Å². The van der Waals surface area contributed by atoms with Crippen LogP contribution in [-0.2, 0) is 6.54 Å². The van der Waals surface area contributed by atoms with Crippen molar-refractivity contribution in [2.24, 2.45) is 5.73 Å². The highest BCUT2D eigenvalue weighted by atomic mass is 35.5. The first-order valence-corrected chi connectivity index (χ1v) is 4.68. The minimum atomic E-state index is -2.51. The van der Waals surface area contributed by atoms with Gasteiger partial charge < -0.3 is 10.3 Å². The first-order chi connectivity index (χ1) is 6.61. The Hall–Kier alpha value is -0.680. The molecule has 1 aromatic rings. The van der Waals surface area contributed by atoms with Gasteiger partial charge in [-0.05, 0) is 6.92 Å². The van der Waals surface area contributed by atoms with Crippen LogP contribution in [0.2, 0.25) is 5.15 Å². The van der Waals surface area contributed by atoms with E-state index in [1.807, 2.05) is 6.92 Å². The summed E-state index contributed by atoms with van der Waals surface area (Å²) < 4.78 is 26.7. The molecule has 0 aliphatic heterocycles.